The summed E-state index contributed by atoms with van der Waals surface area (Å²) < 4.78 is 5.55. The van der Waals surface area contributed by atoms with Crippen molar-refractivity contribution in [1.29, 1.82) is 0 Å². The molecule has 30 heavy (non-hydrogen) atoms. The maximum absolute atomic E-state index is 12.6. The molecule has 0 saturated carbocycles. The topological polar surface area (TPSA) is 68.3 Å². The molecule has 1 heterocycles. The molecule has 2 aromatic carbocycles. The average molecular weight is 439 g/mol. The fraction of sp³-hybridized carbons (Fsp3) is 0.174. The number of halogens is 1. The SMILES string of the molecule is Cc1nc(NC(=O)COc2ccc(/C=C3\Cc4ccc(Cl)cc4C3=O)cc2)sc1C. The van der Waals surface area contributed by atoms with Gasteiger partial charge in [0.2, 0.25) is 0 Å². The predicted molar refractivity (Wildman–Crippen MR) is 120 cm³/mol. The summed E-state index contributed by atoms with van der Waals surface area (Å²) in [6.45, 7) is 3.76. The lowest BCUT2D eigenvalue weighted by molar-refractivity contribution is -0.118. The van der Waals surface area contributed by atoms with Gasteiger partial charge in [0.05, 0.1) is 5.69 Å². The Hall–Kier alpha value is -2.96. The molecule has 0 unspecified atom stereocenters. The fourth-order valence-corrected chi connectivity index (χ4v) is 4.18. The highest BCUT2D eigenvalue weighted by atomic mass is 35.5. The molecule has 4 rings (SSSR count). The third kappa shape index (κ3) is 4.45. The second-order valence-corrected chi connectivity index (χ2v) is 8.68. The summed E-state index contributed by atoms with van der Waals surface area (Å²) >= 11 is 7.44. The monoisotopic (exact) mass is 438 g/mol. The number of carbonyl (C=O) groups excluding carboxylic acids is 2. The van der Waals surface area contributed by atoms with Crippen LogP contribution in [-0.2, 0) is 11.2 Å². The number of aryl methyl sites for hydroxylation is 2. The Morgan fingerprint density at radius 1 is 1.23 bits per heavy atom. The number of carbonyl (C=O) groups is 2. The average Bonchev–Trinajstić information content (AvgIpc) is 3.19. The number of fused-ring (bicyclic) bond motifs is 1. The number of benzene rings is 2. The summed E-state index contributed by atoms with van der Waals surface area (Å²) in [7, 11) is 0. The van der Waals surface area contributed by atoms with Gasteiger partial charge in [0.25, 0.3) is 5.91 Å². The van der Waals surface area contributed by atoms with Crippen molar-refractivity contribution in [3.05, 3.63) is 80.3 Å². The van der Waals surface area contributed by atoms with Gasteiger partial charge in [0.15, 0.2) is 17.5 Å². The molecule has 0 spiro atoms. The van der Waals surface area contributed by atoms with E-state index in [4.69, 9.17) is 16.3 Å². The van der Waals surface area contributed by atoms with Gasteiger partial charge in [0, 0.05) is 27.5 Å². The van der Waals surface area contributed by atoms with E-state index in [1.54, 1.807) is 24.3 Å². The molecule has 1 aliphatic carbocycles. The predicted octanol–water partition coefficient (Wildman–Crippen LogP) is 5.25. The van der Waals surface area contributed by atoms with E-state index in [9.17, 15) is 9.59 Å². The maximum atomic E-state index is 12.6. The number of thiazole rings is 1. The van der Waals surface area contributed by atoms with Gasteiger partial charge in [-0.15, -0.1) is 11.3 Å². The van der Waals surface area contributed by atoms with E-state index in [0.29, 0.717) is 27.9 Å². The zero-order valence-corrected chi connectivity index (χ0v) is 18.1. The molecule has 1 amide bonds. The van der Waals surface area contributed by atoms with Gasteiger partial charge in [-0.05, 0) is 55.3 Å². The fourth-order valence-electron chi connectivity index (χ4n) is 3.18. The van der Waals surface area contributed by atoms with Crippen LogP contribution in [0.2, 0.25) is 5.02 Å². The quantitative estimate of drug-likeness (QED) is 0.552. The number of Topliss-reactive ketones (excluding diaryl/α,β-unsaturated/α-hetero) is 1. The molecule has 152 valence electrons. The van der Waals surface area contributed by atoms with E-state index < -0.39 is 0 Å². The first kappa shape index (κ1) is 20.3. The van der Waals surface area contributed by atoms with E-state index >= 15 is 0 Å². The molecule has 1 aliphatic rings. The normalized spacial score (nSPS) is 14.1. The van der Waals surface area contributed by atoms with E-state index in [2.05, 4.69) is 10.3 Å². The van der Waals surface area contributed by atoms with Crippen LogP contribution in [-0.4, -0.2) is 23.3 Å². The summed E-state index contributed by atoms with van der Waals surface area (Å²) in [6, 6.07) is 12.7. The van der Waals surface area contributed by atoms with Crippen LogP contribution in [0.1, 0.15) is 32.1 Å². The van der Waals surface area contributed by atoms with Crippen LogP contribution in [0.15, 0.2) is 48.0 Å². The Bertz CT molecular complexity index is 1150. The second-order valence-electron chi connectivity index (χ2n) is 7.04. The Labute approximate surface area is 183 Å². The first-order valence-electron chi connectivity index (χ1n) is 9.39. The number of amides is 1. The van der Waals surface area contributed by atoms with Gasteiger partial charge in [-0.25, -0.2) is 4.98 Å². The number of nitrogens with zero attached hydrogens (tertiary/aromatic N) is 1. The van der Waals surface area contributed by atoms with Crippen molar-refractivity contribution in [2.24, 2.45) is 0 Å². The molecular weight excluding hydrogens is 420 g/mol. The number of hydrogen-bond donors (Lipinski definition) is 1. The van der Waals surface area contributed by atoms with Crippen LogP contribution < -0.4 is 10.1 Å². The second kappa shape index (κ2) is 8.42. The largest absolute Gasteiger partial charge is 0.484 e. The van der Waals surface area contributed by atoms with Crippen LogP contribution in [0.25, 0.3) is 6.08 Å². The van der Waals surface area contributed by atoms with E-state index in [1.807, 2.05) is 38.1 Å². The third-order valence-electron chi connectivity index (χ3n) is 4.85. The van der Waals surface area contributed by atoms with Crippen molar-refractivity contribution in [3.8, 4) is 5.75 Å². The maximum Gasteiger partial charge on any atom is 0.264 e. The molecule has 1 aromatic heterocycles. The minimum atomic E-state index is -0.261. The summed E-state index contributed by atoms with van der Waals surface area (Å²) in [4.78, 5) is 30.0. The smallest absolute Gasteiger partial charge is 0.264 e. The Morgan fingerprint density at radius 2 is 2.00 bits per heavy atom. The van der Waals surface area contributed by atoms with Crippen molar-refractivity contribution >= 4 is 45.8 Å². The van der Waals surface area contributed by atoms with Gasteiger partial charge in [-0.1, -0.05) is 29.8 Å². The lowest BCUT2D eigenvalue weighted by Crippen LogP contribution is -2.20. The first-order valence-corrected chi connectivity index (χ1v) is 10.6. The number of rotatable bonds is 5. The standard InChI is InChI=1S/C23H19ClN2O3S/c1-13-14(2)30-23(25-13)26-21(27)12-29-19-7-3-15(4-8-19)9-17-10-16-5-6-18(24)11-20(16)22(17)28/h3-9,11H,10,12H2,1-2H3,(H,25,26,27)/b17-9+. The van der Waals surface area contributed by atoms with Gasteiger partial charge in [-0.3, -0.25) is 14.9 Å². The van der Waals surface area contributed by atoms with Crippen molar-refractivity contribution in [2.75, 3.05) is 11.9 Å². The molecule has 0 aliphatic heterocycles. The number of nitrogens with one attached hydrogen (secondary N) is 1. The summed E-state index contributed by atoms with van der Waals surface area (Å²) in [5, 5.41) is 3.88. The van der Waals surface area contributed by atoms with Gasteiger partial charge >= 0.3 is 0 Å². The Balaban J connectivity index is 1.36. The Kier molecular flexibility index (Phi) is 5.70. The van der Waals surface area contributed by atoms with Crippen LogP contribution >= 0.6 is 22.9 Å². The van der Waals surface area contributed by atoms with E-state index in [1.165, 1.54) is 11.3 Å². The lowest BCUT2D eigenvalue weighted by Gasteiger charge is -2.06. The van der Waals surface area contributed by atoms with Crippen LogP contribution in [0, 0.1) is 13.8 Å². The summed E-state index contributed by atoms with van der Waals surface area (Å²) in [5.41, 5.74) is 4.20. The van der Waals surface area contributed by atoms with Crippen LogP contribution in [0.3, 0.4) is 0 Å². The highest BCUT2D eigenvalue weighted by molar-refractivity contribution is 7.15. The Morgan fingerprint density at radius 3 is 2.70 bits per heavy atom. The van der Waals surface area contributed by atoms with Gasteiger partial charge in [0.1, 0.15) is 5.75 Å². The molecule has 7 heteroatoms. The number of anilines is 1. The lowest BCUT2D eigenvalue weighted by atomic mass is 10.1. The van der Waals surface area contributed by atoms with Crippen LogP contribution in [0.4, 0.5) is 5.13 Å². The van der Waals surface area contributed by atoms with Crippen molar-refractivity contribution in [1.82, 2.24) is 4.98 Å². The highest BCUT2D eigenvalue weighted by Crippen LogP contribution is 2.30. The highest BCUT2D eigenvalue weighted by Gasteiger charge is 2.24. The zero-order valence-electron chi connectivity index (χ0n) is 16.5. The summed E-state index contributed by atoms with van der Waals surface area (Å²) in [6.07, 6.45) is 2.47. The number of allylic oxidation sites excluding steroid dienone is 1. The van der Waals surface area contributed by atoms with Crippen molar-refractivity contribution in [2.45, 2.75) is 20.3 Å². The molecule has 0 fully saturated rings. The van der Waals surface area contributed by atoms with Gasteiger partial charge < -0.3 is 4.74 Å². The number of ether oxygens (including phenoxy) is 1. The van der Waals surface area contributed by atoms with Crippen LogP contribution in [0.5, 0.6) is 5.75 Å². The molecule has 3 aromatic rings. The zero-order chi connectivity index (χ0) is 21.3. The van der Waals surface area contributed by atoms with E-state index in [-0.39, 0.29) is 18.3 Å². The number of ketones is 1. The van der Waals surface area contributed by atoms with Gasteiger partial charge in [-0.2, -0.15) is 0 Å². The summed E-state index contributed by atoms with van der Waals surface area (Å²) in [5.74, 6) is 0.326. The first-order chi connectivity index (χ1) is 14.4. The molecule has 0 saturated heterocycles. The number of hydrogen-bond acceptors (Lipinski definition) is 5. The minimum absolute atomic E-state index is 0.0113. The van der Waals surface area contributed by atoms with Crippen molar-refractivity contribution in [3.63, 3.8) is 0 Å². The molecule has 0 radical (unpaired) electrons. The molecule has 5 nitrogen and oxygen atoms in total. The number of aromatic nitrogens is 1. The van der Waals surface area contributed by atoms with Crippen molar-refractivity contribution < 1.29 is 14.3 Å². The molecule has 1 N–H and O–H groups in total. The molecule has 0 atom stereocenters. The third-order valence-corrected chi connectivity index (χ3v) is 6.08. The molecular formula is C23H19ClN2O3S. The minimum Gasteiger partial charge on any atom is -0.484 e. The van der Waals surface area contributed by atoms with E-state index in [0.717, 1.165) is 27.3 Å². The molecule has 0 bridgehead atoms.